The van der Waals surface area contributed by atoms with Crippen LogP contribution in [0.2, 0.25) is 0 Å². The number of aryl methyl sites for hydroxylation is 1. The third-order valence-electron chi connectivity index (χ3n) is 7.48. The van der Waals surface area contributed by atoms with Crippen LogP contribution < -0.4 is 15.0 Å². The lowest BCUT2D eigenvalue weighted by Crippen LogP contribution is -2.47. The number of ether oxygens (including phenoxy) is 1. The van der Waals surface area contributed by atoms with Crippen molar-refractivity contribution >= 4 is 28.4 Å². The Labute approximate surface area is 209 Å². The van der Waals surface area contributed by atoms with Gasteiger partial charge in [-0.05, 0) is 25.8 Å². The Balaban J connectivity index is 1.27. The molecule has 1 N–H and O–H groups in total. The number of rotatable bonds is 2. The van der Waals surface area contributed by atoms with Crippen molar-refractivity contribution in [2.24, 2.45) is 7.05 Å². The highest BCUT2D eigenvalue weighted by Gasteiger charge is 2.32. The molecular weight excluding hydrogens is 456 g/mol. The van der Waals surface area contributed by atoms with Crippen LogP contribution in [0.4, 0.5) is 17.5 Å². The van der Waals surface area contributed by atoms with Gasteiger partial charge in [0.15, 0.2) is 11.6 Å². The number of nitrogens with zero attached hydrogens (tertiary/aromatic N) is 9. The molecule has 4 bridgehead atoms. The molecule has 0 amide bonds. The van der Waals surface area contributed by atoms with E-state index in [1.807, 2.05) is 19.3 Å². The number of anilines is 3. The normalized spacial score (nSPS) is 20.6. The first-order valence-electron chi connectivity index (χ1n) is 12.8. The molecule has 11 heteroatoms. The molecule has 0 unspecified atom stereocenters. The largest absolute Gasteiger partial charge is 0.477 e. The lowest BCUT2D eigenvalue weighted by molar-refractivity contribution is 0.247. The zero-order valence-corrected chi connectivity index (χ0v) is 20.6. The van der Waals surface area contributed by atoms with Crippen LogP contribution in [-0.2, 0) is 7.05 Å². The fraction of sp³-hybridized carbons (Fsp3) is 0.480. The number of fused-ring (bicyclic) bond motifs is 5. The molecule has 1 saturated heterocycles. The van der Waals surface area contributed by atoms with Crippen molar-refractivity contribution in [3.05, 3.63) is 30.7 Å². The molecule has 1 aliphatic carbocycles. The fourth-order valence-corrected chi connectivity index (χ4v) is 5.28. The lowest BCUT2D eigenvalue weighted by atomic mass is 10.2. The third kappa shape index (κ3) is 3.74. The number of nitrogens with one attached hydrogen (secondary N) is 1. The lowest BCUT2D eigenvalue weighted by Gasteiger charge is -2.35. The van der Waals surface area contributed by atoms with E-state index in [0.717, 1.165) is 66.7 Å². The molecule has 36 heavy (non-hydrogen) atoms. The van der Waals surface area contributed by atoms with Crippen LogP contribution in [0, 0.1) is 0 Å². The maximum absolute atomic E-state index is 6.22. The Bertz CT molecular complexity index is 1420. The second-order valence-corrected chi connectivity index (χ2v) is 9.97. The summed E-state index contributed by atoms with van der Waals surface area (Å²) in [5.41, 5.74) is 1.83. The van der Waals surface area contributed by atoms with Gasteiger partial charge in [-0.3, -0.25) is 9.58 Å². The molecular formula is C25H30N10O. The summed E-state index contributed by atoms with van der Waals surface area (Å²) in [6, 6.07) is 4.86. The van der Waals surface area contributed by atoms with Crippen molar-refractivity contribution in [1.82, 2.24) is 39.4 Å². The molecule has 6 heterocycles. The van der Waals surface area contributed by atoms with E-state index in [1.165, 1.54) is 12.8 Å². The first-order chi connectivity index (χ1) is 17.6. The van der Waals surface area contributed by atoms with Gasteiger partial charge in [0.1, 0.15) is 17.2 Å². The van der Waals surface area contributed by atoms with Gasteiger partial charge in [-0.15, -0.1) is 0 Å². The van der Waals surface area contributed by atoms with E-state index in [-0.39, 0.29) is 6.04 Å². The number of aromatic nitrogens is 7. The van der Waals surface area contributed by atoms with E-state index in [0.29, 0.717) is 24.1 Å². The van der Waals surface area contributed by atoms with Crippen molar-refractivity contribution in [1.29, 1.82) is 0 Å². The Hall–Kier alpha value is -3.73. The van der Waals surface area contributed by atoms with Crippen molar-refractivity contribution < 1.29 is 4.74 Å². The summed E-state index contributed by atoms with van der Waals surface area (Å²) in [6.07, 6.45) is 8.92. The minimum absolute atomic E-state index is 0.137. The van der Waals surface area contributed by atoms with Crippen molar-refractivity contribution in [3.63, 3.8) is 0 Å². The minimum atomic E-state index is 0.137. The van der Waals surface area contributed by atoms with E-state index in [4.69, 9.17) is 19.8 Å². The summed E-state index contributed by atoms with van der Waals surface area (Å²) in [4.78, 5) is 18.9. The standard InChI is InChI=1S/C25H30N10O/c1-16-6-12-36-25-19(15-28-32(25)2)23-26-7-5-21(30-23)29-22-13-20-18(14-27-22)24(31-35(16)20)34-10-8-33(9-11-34)17-3-4-17/h5,7,13-17H,3-4,6,8-12H2,1-2H3,(H,26,27,29,30)/t16-/m0/s1. The van der Waals surface area contributed by atoms with E-state index in [1.54, 1.807) is 17.1 Å². The number of piperazine rings is 1. The van der Waals surface area contributed by atoms with Crippen LogP contribution in [0.1, 0.15) is 32.2 Å². The maximum Gasteiger partial charge on any atom is 0.222 e. The molecule has 2 fully saturated rings. The molecule has 7 rings (SSSR count). The second-order valence-electron chi connectivity index (χ2n) is 9.97. The maximum atomic E-state index is 6.22. The summed E-state index contributed by atoms with van der Waals surface area (Å²) in [5.74, 6) is 3.63. The molecule has 1 atom stereocenters. The second kappa shape index (κ2) is 8.44. The summed E-state index contributed by atoms with van der Waals surface area (Å²) < 4.78 is 10.1. The quantitative estimate of drug-likeness (QED) is 0.458. The predicted octanol–water partition coefficient (Wildman–Crippen LogP) is 2.99. The highest BCUT2D eigenvalue weighted by Crippen LogP contribution is 2.34. The monoisotopic (exact) mass is 486 g/mol. The van der Waals surface area contributed by atoms with Crippen molar-refractivity contribution in [2.45, 2.75) is 38.3 Å². The first-order valence-corrected chi connectivity index (χ1v) is 12.8. The number of pyridine rings is 1. The summed E-state index contributed by atoms with van der Waals surface area (Å²) >= 11 is 0. The van der Waals surface area contributed by atoms with E-state index in [2.05, 4.69) is 42.9 Å². The summed E-state index contributed by atoms with van der Waals surface area (Å²) in [5, 5.41) is 14.0. The van der Waals surface area contributed by atoms with E-state index < -0.39 is 0 Å². The number of hydrogen-bond donors (Lipinski definition) is 1. The van der Waals surface area contributed by atoms with Crippen LogP contribution in [-0.4, -0.2) is 78.2 Å². The van der Waals surface area contributed by atoms with Crippen LogP contribution >= 0.6 is 0 Å². The molecule has 3 aliphatic rings. The van der Waals surface area contributed by atoms with Crippen LogP contribution in [0.5, 0.6) is 5.88 Å². The molecule has 4 aromatic heterocycles. The van der Waals surface area contributed by atoms with Crippen molar-refractivity contribution in [3.8, 4) is 17.3 Å². The van der Waals surface area contributed by atoms with Gasteiger partial charge in [0.25, 0.3) is 0 Å². The van der Waals surface area contributed by atoms with Gasteiger partial charge in [-0.2, -0.15) is 10.2 Å². The third-order valence-corrected chi connectivity index (χ3v) is 7.48. The topological polar surface area (TPSA) is 102 Å². The average molecular weight is 487 g/mol. The van der Waals surface area contributed by atoms with Gasteiger partial charge >= 0.3 is 0 Å². The smallest absolute Gasteiger partial charge is 0.222 e. The Kier molecular flexibility index (Phi) is 5.05. The molecule has 0 spiro atoms. The zero-order valence-electron chi connectivity index (χ0n) is 20.6. The molecule has 11 nitrogen and oxygen atoms in total. The highest BCUT2D eigenvalue weighted by molar-refractivity contribution is 5.92. The minimum Gasteiger partial charge on any atom is -0.477 e. The summed E-state index contributed by atoms with van der Waals surface area (Å²) in [6.45, 7) is 6.90. The van der Waals surface area contributed by atoms with Gasteiger partial charge in [0.2, 0.25) is 5.88 Å². The molecule has 4 aromatic rings. The van der Waals surface area contributed by atoms with Crippen LogP contribution in [0.3, 0.4) is 0 Å². The average Bonchev–Trinajstić information content (AvgIpc) is 3.59. The van der Waals surface area contributed by atoms with Gasteiger partial charge < -0.3 is 15.0 Å². The molecule has 0 radical (unpaired) electrons. The number of hydrogen-bond acceptors (Lipinski definition) is 9. The van der Waals surface area contributed by atoms with Gasteiger partial charge in [0.05, 0.1) is 29.7 Å². The Morgan fingerprint density at radius 3 is 2.72 bits per heavy atom. The van der Waals surface area contributed by atoms with E-state index >= 15 is 0 Å². The Morgan fingerprint density at radius 1 is 1.03 bits per heavy atom. The molecule has 2 aliphatic heterocycles. The van der Waals surface area contributed by atoms with Crippen LogP contribution in [0.25, 0.3) is 22.3 Å². The highest BCUT2D eigenvalue weighted by atomic mass is 16.5. The Morgan fingerprint density at radius 2 is 1.89 bits per heavy atom. The fourth-order valence-electron chi connectivity index (χ4n) is 5.28. The summed E-state index contributed by atoms with van der Waals surface area (Å²) in [7, 11) is 1.87. The molecule has 186 valence electrons. The van der Waals surface area contributed by atoms with Gasteiger partial charge in [-0.25, -0.2) is 19.6 Å². The van der Waals surface area contributed by atoms with Gasteiger partial charge in [-0.1, -0.05) is 0 Å². The first kappa shape index (κ1) is 21.5. The van der Waals surface area contributed by atoms with Crippen molar-refractivity contribution in [2.75, 3.05) is 43.0 Å². The SMILES string of the molecule is C[C@H]1CCOc2c(cnn2C)-c2nccc(n2)Nc2cc3c(cn2)c(N2CCN(C4CC4)CC2)nn31. The van der Waals surface area contributed by atoms with E-state index in [9.17, 15) is 0 Å². The predicted molar refractivity (Wildman–Crippen MR) is 137 cm³/mol. The molecule has 1 saturated carbocycles. The van der Waals surface area contributed by atoms with Gasteiger partial charge in [0, 0.05) is 64.1 Å². The molecule has 0 aromatic carbocycles. The van der Waals surface area contributed by atoms with Crippen LogP contribution in [0.15, 0.2) is 30.7 Å². The zero-order chi connectivity index (χ0) is 24.2.